The molecule has 1 N–H and O–H groups in total. The highest BCUT2D eigenvalue weighted by Gasteiger charge is 2.29. The summed E-state index contributed by atoms with van der Waals surface area (Å²) in [6, 6.07) is 22.1. The molecule has 12 nitrogen and oxygen atoms in total. The number of aromatic nitrogens is 1. The van der Waals surface area contributed by atoms with Crippen LogP contribution >= 0.6 is 11.3 Å². The molecule has 14 heteroatoms. The zero-order valence-corrected chi connectivity index (χ0v) is 32.7. The fourth-order valence-electron chi connectivity index (χ4n) is 7.32. The molecule has 7 rings (SSSR count). The van der Waals surface area contributed by atoms with Gasteiger partial charge in [0.1, 0.15) is 16.4 Å². The summed E-state index contributed by atoms with van der Waals surface area (Å²) in [5.74, 6) is -2.53. The van der Waals surface area contributed by atoms with Gasteiger partial charge in [0.2, 0.25) is 11.3 Å². The third kappa shape index (κ3) is 8.61. The molecule has 3 aromatic carbocycles. The van der Waals surface area contributed by atoms with Gasteiger partial charge in [0, 0.05) is 68.7 Å². The van der Waals surface area contributed by atoms with E-state index in [1.807, 2.05) is 79.4 Å². The predicted molar refractivity (Wildman–Crippen MR) is 218 cm³/mol. The van der Waals surface area contributed by atoms with Crippen LogP contribution in [0.1, 0.15) is 45.2 Å². The maximum atomic E-state index is 15.8. The Hall–Kier alpha value is -5.86. The molecular weight excluding hydrogens is 750 g/mol. The number of piperazine rings is 1. The molecule has 2 saturated heterocycles. The number of aryl methyl sites for hydroxylation is 2. The molecule has 2 aliphatic rings. The number of nitrogens with one attached hydrogen (secondary N) is 1. The number of nitrogens with zero attached hydrogens (tertiary/aromatic N) is 4. The largest absolute Gasteiger partial charge is 0.452 e. The van der Waals surface area contributed by atoms with E-state index in [9.17, 15) is 24.0 Å². The monoisotopic (exact) mass is 793 g/mol. The van der Waals surface area contributed by atoms with Crippen LogP contribution in [0.15, 0.2) is 83.8 Å². The highest BCUT2D eigenvalue weighted by Crippen LogP contribution is 2.40. The van der Waals surface area contributed by atoms with Crippen LogP contribution in [0.5, 0.6) is 0 Å². The summed E-state index contributed by atoms with van der Waals surface area (Å²) in [5.41, 5.74) is 2.74. The third-order valence-electron chi connectivity index (χ3n) is 10.4. The molecule has 2 aromatic heterocycles. The van der Waals surface area contributed by atoms with Crippen LogP contribution in [0.4, 0.5) is 15.1 Å². The molecule has 296 valence electrons. The number of pyridine rings is 1. The highest BCUT2D eigenvalue weighted by atomic mass is 32.1. The van der Waals surface area contributed by atoms with Crippen molar-refractivity contribution in [2.75, 3.05) is 69.3 Å². The molecule has 0 saturated carbocycles. The van der Waals surface area contributed by atoms with Crippen LogP contribution in [0, 0.1) is 12.7 Å². The van der Waals surface area contributed by atoms with Crippen LogP contribution < -0.4 is 15.6 Å². The van der Waals surface area contributed by atoms with Crippen LogP contribution in [-0.2, 0) is 32.0 Å². The summed E-state index contributed by atoms with van der Waals surface area (Å²) in [7, 11) is 0. The lowest BCUT2D eigenvalue weighted by molar-refractivity contribution is -0.131. The van der Waals surface area contributed by atoms with Gasteiger partial charge in [0.05, 0.1) is 30.0 Å². The van der Waals surface area contributed by atoms with Crippen molar-refractivity contribution in [3.8, 4) is 10.4 Å². The number of fused-ring (bicyclic) bond motifs is 1. The summed E-state index contributed by atoms with van der Waals surface area (Å²) >= 11 is 1.25. The number of ether oxygens (including phenoxy) is 2. The van der Waals surface area contributed by atoms with Crippen LogP contribution in [0.25, 0.3) is 21.3 Å². The molecule has 0 atom stereocenters. The lowest BCUT2D eigenvalue weighted by Gasteiger charge is -2.36. The average Bonchev–Trinajstić information content (AvgIpc) is 3.57. The Labute approximate surface area is 333 Å². The molecule has 4 heterocycles. The van der Waals surface area contributed by atoms with Crippen molar-refractivity contribution >= 4 is 56.6 Å². The molecule has 3 amide bonds. The first-order valence-corrected chi connectivity index (χ1v) is 19.9. The van der Waals surface area contributed by atoms with Crippen molar-refractivity contribution in [3.05, 3.63) is 117 Å². The van der Waals surface area contributed by atoms with Crippen molar-refractivity contribution in [3.63, 3.8) is 0 Å². The van der Waals surface area contributed by atoms with E-state index in [1.54, 1.807) is 20.4 Å². The third-order valence-corrected chi connectivity index (χ3v) is 11.7. The van der Waals surface area contributed by atoms with Gasteiger partial charge in [-0.25, -0.2) is 9.18 Å². The van der Waals surface area contributed by atoms with Gasteiger partial charge < -0.3 is 34.1 Å². The minimum absolute atomic E-state index is 0.000460. The molecule has 2 aliphatic heterocycles. The second kappa shape index (κ2) is 17.5. The van der Waals surface area contributed by atoms with Crippen molar-refractivity contribution in [2.45, 2.75) is 33.2 Å². The molecule has 2 fully saturated rings. The number of rotatable bonds is 11. The minimum atomic E-state index is -1.03. The zero-order chi connectivity index (χ0) is 40.1. The first-order valence-electron chi connectivity index (χ1n) is 19.1. The maximum Gasteiger partial charge on any atom is 0.344 e. The van der Waals surface area contributed by atoms with Gasteiger partial charge in [-0.05, 0) is 49.1 Å². The fourth-order valence-corrected chi connectivity index (χ4v) is 8.54. The van der Waals surface area contributed by atoms with Crippen LogP contribution in [0.3, 0.4) is 0 Å². The number of anilines is 2. The van der Waals surface area contributed by atoms with E-state index in [4.69, 9.17) is 9.47 Å². The number of hydrogen-bond acceptors (Lipinski definition) is 9. The Balaban J connectivity index is 1.03. The van der Waals surface area contributed by atoms with Crippen molar-refractivity contribution in [1.29, 1.82) is 0 Å². The van der Waals surface area contributed by atoms with E-state index >= 15 is 4.39 Å². The Morgan fingerprint density at radius 3 is 2.26 bits per heavy atom. The number of amides is 3. The fraction of sp³-hybridized carbons (Fsp3) is 0.326. The summed E-state index contributed by atoms with van der Waals surface area (Å²) < 4.78 is 28.2. The van der Waals surface area contributed by atoms with Gasteiger partial charge in [-0.15, -0.1) is 11.3 Å². The average molecular weight is 794 g/mol. The molecular formula is C43H44FN5O7S. The molecule has 0 spiro atoms. The zero-order valence-electron chi connectivity index (χ0n) is 31.9. The summed E-state index contributed by atoms with van der Waals surface area (Å²) in [6.45, 7) is 6.68. The number of thiophene rings is 1. The lowest BCUT2D eigenvalue weighted by Crippen LogP contribution is -2.49. The van der Waals surface area contributed by atoms with E-state index in [2.05, 4.69) is 5.32 Å². The van der Waals surface area contributed by atoms with Crippen molar-refractivity contribution in [1.82, 2.24) is 14.4 Å². The van der Waals surface area contributed by atoms with Crippen molar-refractivity contribution in [2.24, 2.45) is 0 Å². The first-order chi connectivity index (χ1) is 27.6. The van der Waals surface area contributed by atoms with E-state index in [1.165, 1.54) is 17.5 Å². The van der Waals surface area contributed by atoms with Gasteiger partial charge in [0.15, 0.2) is 6.61 Å². The Morgan fingerprint density at radius 2 is 1.58 bits per heavy atom. The van der Waals surface area contributed by atoms with Crippen LogP contribution in [-0.4, -0.2) is 97.1 Å². The second-order valence-corrected chi connectivity index (χ2v) is 15.0. The molecule has 0 radical (unpaired) electrons. The van der Waals surface area contributed by atoms with E-state index < -0.39 is 29.7 Å². The number of carbonyl (C=O) groups is 4. The van der Waals surface area contributed by atoms with Gasteiger partial charge in [-0.2, -0.15) is 0 Å². The second-order valence-electron chi connectivity index (χ2n) is 14.0. The topological polar surface area (TPSA) is 130 Å². The number of carbonyl (C=O) groups excluding carboxylic acids is 4. The SMILES string of the molecule is CCn1cc(C(=O)OCC(=O)Nc2sc(-c3ccccc3)c(C)c2C(=O)N2CCOCC2)c(=O)c2cc(F)c(N3CCN(C(=O)CCc4ccccc4)CC3)cc21. The Bertz CT molecular complexity index is 2350. The lowest BCUT2D eigenvalue weighted by atomic mass is 10.1. The quantitative estimate of drug-likeness (QED) is 0.168. The van der Waals surface area contributed by atoms with Gasteiger partial charge in [-0.3, -0.25) is 19.2 Å². The normalized spacial score (nSPS) is 14.5. The van der Waals surface area contributed by atoms with Crippen LogP contribution in [0.2, 0.25) is 0 Å². The summed E-state index contributed by atoms with van der Waals surface area (Å²) in [5, 5.41) is 3.09. The Morgan fingerprint density at radius 1 is 0.895 bits per heavy atom. The predicted octanol–water partition coefficient (Wildman–Crippen LogP) is 5.75. The number of halogens is 1. The maximum absolute atomic E-state index is 15.8. The molecule has 0 unspecified atom stereocenters. The number of benzene rings is 3. The van der Waals surface area contributed by atoms with E-state index in [0.29, 0.717) is 99.2 Å². The number of morpholine rings is 1. The molecule has 57 heavy (non-hydrogen) atoms. The van der Waals surface area contributed by atoms with Gasteiger partial charge in [0.25, 0.3) is 11.8 Å². The van der Waals surface area contributed by atoms with E-state index in [0.717, 1.165) is 22.1 Å². The van der Waals surface area contributed by atoms with E-state index in [-0.39, 0.29) is 22.8 Å². The standard InChI is InChI=1S/C43H44FN5O7S/c1-3-46-26-32(39(52)31-24-33(44)35(25-34(31)46)47-16-18-48(19-17-47)37(51)15-14-29-10-6-4-7-11-29)43(54)56-27-36(50)45-41-38(42(53)49-20-22-55-23-21-49)28(2)40(57-41)30-12-8-5-9-13-30/h4-13,24-26H,3,14-23,27H2,1-2H3,(H,45,50). The van der Waals surface area contributed by atoms with Gasteiger partial charge in [-0.1, -0.05) is 60.7 Å². The minimum Gasteiger partial charge on any atom is -0.452 e. The first kappa shape index (κ1) is 39.4. The number of esters is 1. The van der Waals surface area contributed by atoms with Gasteiger partial charge >= 0.3 is 5.97 Å². The molecule has 5 aromatic rings. The van der Waals surface area contributed by atoms with Crippen molar-refractivity contribution < 1.29 is 33.0 Å². The molecule has 0 aliphatic carbocycles. The smallest absolute Gasteiger partial charge is 0.344 e. The molecule has 0 bridgehead atoms. The number of hydrogen-bond donors (Lipinski definition) is 1. The Kier molecular flexibility index (Phi) is 12.1. The summed E-state index contributed by atoms with van der Waals surface area (Å²) in [6.07, 6.45) is 2.41. The highest BCUT2D eigenvalue weighted by molar-refractivity contribution is 7.20. The summed E-state index contributed by atoms with van der Waals surface area (Å²) in [4.78, 5) is 73.1.